The van der Waals surface area contributed by atoms with Gasteiger partial charge in [0.2, 0.25) is 0 Å². The fraction of sp³-hybridized carbons (Fsp3) is 0.700. The van der Waals surface area contributed by atoms with Crippen LogP contribution in [-0.2, 0) is 13.0 Å². The molecule has 1 unspecified atom stereocenters. The number of hydrogen-bond acceptors (Lipinski definition) is 2. The lowest BCUT2D eigenvalue weighted by atomic mass is 9.98. The summed E-state index contributed by atoms with van der Waals surface area (Å²) in [5, 5.41) is 4.39. The molecule has 0 amide bonds. The van der Waals surface area contributed by atoms with E-state index in [4.69, 9.17) is 5.73 Å². The third-order valence-corrected chi connectivity index (χ3v) is 2.90. The smallest absolute Gasteiger partial charge is 0.0527 e. The van der Waals surface area contributed by atoms with Crippen LogP contribution in [0.15, 0.2) is 6.20 Å². The van der Waals surface area contributed by atoms with Gasteiger partial charge in [0.05, 0.1) is 6.20 Å². The molecule has 2 rings (SSSR count). The van der Waals surface area contributed by atoms with E-state index in [-0.39, 0.29) is 0 Å². The number of aryl methyl sites for hydroxylation is 1. The molecule has 0 saturated carbocycles. The minimum atomic E-state index is 0.460. The number of fused-ring (bicyclic) bond motifs is 1. The zero-order valence-corrected chi connectivity index (χ0v) is 8.16. The van der Waals surface area contributed by atoms with Gasteiger partial charge in [-0.2, -0.15) is 5.10 Å². The van der Waals surface area contributed by atoms with Crippen molar-refractivity contribution in [3.05, 3.63) is 17.5 Å². The van der Waals surface area contributed by atoms with E-state index < -0.39 is 0 Å². The van der Waals surface area contributed by atoms with Gasteiger partial charge in [0.15, 0.2) is 0 Å². The predicted molar refractivity (Wildman–Crippen MR) is 52.6 cm³/mol. The molecule has 1 aromatic heterocycles. The molecule has 3 heteroatoms. The van der Waals surface area contributed by atoms with Gasteiger partial charge in [0.25, 0.3) is 0 Å². The molecular formula is C10H17N3. The summed E-state index contributed by atoms with van der Waals surface area (Å²) >= 11 is 0. The largest absolute Gasteiger partial charge is 0.330 e. The van der Waals surface area contributed by atoms with E-state index in [9.17, 15) is 0 Å². The van der Waals surface area contributed by atoms with Crippen LogP contribution in [0.1, 0.15) is 36.9 Å². The molecule has 1 aliphatic rings. The summed E-state index contributed by atoms with van der Waals surface area (Å²) in [7, 11) is 0. The van der Waals surface area contributed by atoms with Crippen LogP contribution in [0, 0.1) is 0 Å². The van der Waals surface area contributed by atoms with Crippen LogP contribution < -0.4 is 5.73 Å². The van der Waals surface area contributed by atoms with Crippen molar-refractivity contribution in [1.29, 1.82) is 0 Å². The van der Waals surface area contributed by atoms with E-state index in [2.05, 4.69) is 16.7 Å². The summed E-state index contributed by atoms with van der Waals surface area (Å²) in [5.41, 5.74) is 8.44. The Balaban J connectivity index is 2.31. The standard InChI is InChI=1S/C10H17N3/c1-8(6-11)9-7-12-13-5-3-2-4-10(9)13/h7-8H,2-6,11H2,1H3. The molecule has 72 valence electrons. The van der Waals surface area contributed by atoms with Crippen LogP contribution in [0.25, 0.3) is 0 Å². The molecule has 0 radical (unpaired) electrons. The highest BCUT2D eigenvalue weighted by Crippen LogP contribution is 2.23. The summed E-state index contributed by atoms with van der Waals surface area (Å²) in [6.45, 7) is 3.98. The molecule has 13 heavy (non-hydrogen) atoms. The van der Waals surface area contributed by atoms with Gasteiger partial charge in [0.1, 0.15) is 0 Å². The number of nitrogens with two attached hydrogens (primary N) is 1. The number of aromatic nitrogens is 2. The Morgan fingerprint density at radius 1 is 1.62 bits per heavy atom. The second-order valence-electron chi connectivity index (χ2n) is 3.86. The first-order valence-corrected chi connectivity index (χ1v) is 5.07. The molecule has 0 saturated heterocycles. The van der Waals surface area contributed by atoms with E-state index in [1.54, 1.807) is 0 Å². The average molecular weight is 179 g/mol. The van der Waals surface area contributed by atoms with E-state index in [0.29, 0.717) is 5.92 Å². The highest BCUT2D eigenvalue weighted by Gasteiger charge is 2.17. The van der Waals surface area contributed by atoms with Gasteiger partial charge in [-0.25, -0.2) is 0 Å². The Bertz CT molecular complexity index is 290. The van der Waals surface area contributed by atoms with Gasteiger partial charge in [0, 0.05) is 12.2 Å². The van der Waals surface area contributed by atoms with Gasteiger partial charge in [-0.3, -0.25) is 4.68 Å². The minimum absolute atomic E-state index is 0.460. The zero-order valence-electron chi connectivity index (χ0n) is 8.16. The van der Waals surface area contributed by atoms with E-state index in [1.165, 1.54) is 30.5 Å². The van der Waals surface area contributed by atoms with E-state index in [0.717, 1.165) is 13.1 Å². The Labute approximate surface area is 78.9 Å². The maximum Gasteiger partial charge on any atom is 0.0527 e. The first-order valence-electron chi connectivity index (χ1n) is 5.07. The molecule has 0 aliphatic carbocycles. The van der Waals surface area contributed by atoms with Crippen molar-refractivity contribution in [2.45, 2.75) is 38.6 Å². The summed E-state index contributed by atoms with van der Waals surface area (Å²) < 4.78 is 2.14. The lowest BCUT2D eigenvalue weighted by molar-refractivity contribution is 0.482. The second-order valence-corrected chi connectivity index (χ2v) is 3.86. The van der Waals surface area contributed by atoms with Crippen molar-refractivity contribution in [2.75, 3.05) is 6.54 Å². The maximum atomic E-state index is 5.66. The second kappa shape index (κ2) is 3.50. The molecular weight excluding hydrogens is 162 g/mol. The Morgan fingerprint density at radius 3 is 3.23 bits per heavy atom. The van der Waals surface area contributed by atoms with Gasteiger partial charge in [-0.15, -0.1) is 0 Å². The van der Waals surface area contributed by atoms with Gasteiger partial charge >= 0.3 is 0 Å². The van der Waals surface area contributed by atoms with Crippen LogP contribution in [0.5, 0.6) is 0 Å². The summed E-state index contributed by atoms with van der Waals surface area (Å²) in [6, 6.07) is 0. The van der Waals surface area contributed by atoms with Crippen molar-refractivity contribution in [1.82, 2.24) is 9.78 Å². The molecule has 3 nitrogen and oxygen atoms in total. The summed E-state index contributed by atoms with van der Waals surface area (Å²) in [4.78, 5) is 0. The Kier molecular flexibility index (Phi) is 2.36. The molecule has 0 aromatic carbocycles. The van der Waals surface area contributed by atoms with Gasteiger partial charge in [-0.1, -0.05) is 6.92 Å². The molecule has 0 spiro atoms. The first kappa shape index (κ1) is 8.75. The highest BCUT2D eigenvalue weighted by molar-refractivity contribution is 5.23. The fourth-order valence-electron chi connectivity index (χ4n) is 1.98. The third kappa shape index (κ3) is 1.48. The van der Waals surface area contributed by atoms with Crippen LogP contribution in [-0.4, -0.2) is 16.3 Å². The molecule has 2 N–H and O–H groups in total. The zero-order chi connectivity index (χ0) is 9.26. The van der Waals surface area contributed by atoms with Gasteiger partial charge < -0.3 is 5.73 Å². The molecule has 1 aliphatic heterocycles. The summed E-state index contributed by atoms with van der Waals surface area (Å²) in [5.74, 6) is 0.460. The van der Waals surface area contributed by atoms with Crippen molar-refractivity contribution in [3.63, 3.8) is 0 Å². The molecule has 0 bridgehead atoms. The topological polar surface area (TPSA) is 43.8 Å². The minimum Gasteiger partial charge on any atom is -0.330 e. The normalized spacial score (nSPS) is 18.3. The molecule has 1 aromatic rings. The molecule has 1 atom stereocenters. The average Bonchev–Trinajstić information content (AvgIpc) is 2.60. The SMILES string of the molecule is CC(CN)c1cnn2c1CCCC2. The van der Waals surface area contributed by atoms with Crippen molar-refractivity contribution in [2.24, 2.45) is 5.73 Å². The Hall–Kier alpha value is -0.830. The third-order valence-electron chi connectivity index (χ3n) is 2.90. The van der Waals surface area contributed by atoms with Gasteiger partial charge in [-0.05, 0) is 37.3 Å². The molecule has 0 fully saturated rings. The summed E-state index contributed by atoms with van der Waals surface area (Å²) in [6.07, 6.45) is 5.75. The lowest BCUT2D eigenvalue weighted by Gasteiger charge is -2.16. The van der Waals surface area contributed by atoms with Crippen molar-refractivity contribution < 1.29 is 0 Å². The quantitative estimate of drug-likeness (QED) is 0.743. The first-order chi connectivity index (χ1) is 6.33. The monoisotopic (exact) mass is 179 g/mol. The number of nitrogens with zero attached hydrogens (tertiary/aromatic N) is 2. The lowest BCUT2D eigenvalue weighted by Crippen LogP contribution is -2.15. The van der Waals surface area contributed by atoms with Crippen molar-refractivity contribution >= 4 is 0 Å². The predicted octanol–water partition coefficient (Wildman–Crippen LogP) is 1.28. The maximum absolute atomic E-state index is 5.66. The number of hydrogen-bond donors (Lipinski definition) is 1. The van der Waals surface area contributed by atoms with E-state index in [1.807, 2.05) is 6.20 Å². The molecule has 2 heterocycles. The van der Waals surface area contributed by atoms with Crippen LogP contribution in [0.3, 0.4) is 0 Å². The Morgan fingerprint density at radius 2 is 2.46 bits per heavy atom. The van der Waals surface area contributed by atoms with Crippen LogP contribution in [0.2, 0.25) is 0 Å². The highest BCUT2D eigenvalue weighted by atomic mass is 15.3. The van der Waals surface area contributed by atoms with Crippen LogP contribution >= 0.6 is 0 Å². The number of rotatable bonds is 2. The van der Waals surface area contributed by atoms with E-state index >= 15 is 0 Å². The van der Waals surface area contributed by atoms with Crippen molar-refractivity contribution in [3.8, 4) is 0 Å². The fourth-order valence-corrected chi connectivity index (χ4v) is 1.98. The van der Waals surface area contributed by atoms with Crippen LogP contribution in [0.4, 0.5) is 0 Å².